The maximum Gasteiger partial charge on any atom is 0.377 e. The number of aliphatic carboxylic acids is 1. The van der Waals surface area contributed by atoms with Gasteiger partial charge in [-0.25, -0.2) is 4.79 Å². The van der Waals surface area contributed by atoms with Crippen molar-refractivity contribution in [2.45, 2.75) is 64.8 Å². The molecule has 0 spiro atoms. The van der Waals surface area contributed by atoms with Gasteiger partial charge in [0.15, 0.2) is 0 Å². The highest BCUT2D eigenvalue weighted by Crippen LogP contribution is 2.42. The first-order chi connectivity index (χ1) is 12.1. The number of rotatable bonds is 8. The first kappa shape index (κ1) is 20.4. The zero-order valence-corrected chi connectivity index (χ0v) is 17.4. The smallest absolute Gasteiger partial charge is 0.377 e. The molecule has 0 aliphatic carbocycles. The molecule has 2 N–H and O–H groups in total. The van der Waals surface area contributed by atoms with Crippen LogP contribution in [0.4, 0.5) is 0 Å². The number of benzene rings is 1. The van der Waals surface area contributed by atoms with Gasteiger partial charge in [0.1, 0.15) is 0 Å². The second-order valence-corrected chi connectivity index (χ2v) is 13.3. The molecule has 1 aromatic carbocycles. The molecule has 142 valence electrons. The van der Waals surface area contributed by atoms with Gasteiger partial charge < -0.3 is 14.5 Å². The van der Waals surface area contributed by atoms with Gasteiger partial charge in [0, 0.05) is 17.1 Å². The first-order valence-corrected chi connectivity index (χ1v) is 11.3. The van der Waals surface area contributed by atoms with E-state index in [1.165, 1.54) is 6.20 Å². The van der Waals surface area contributed by atoms with Crippen molar-refractivity contribution in [2.24, 2.45) is 0 Å². The SMILES string of the molecule is CC(C)[Si](OCc1ccc2c(C(=O)C(=O)O)c[nH]c2c1)(C(C)C)C(C)C. The molecule has 0 bridgehead atoms. The lowest BCUT2D eigenvalue weighted by atomic mass is 10.1. The van der Waals surface area contributed by atoms with Gasteiger partial charge in [-0.3, -0.25) is 4.79 Å². The summed E-state index contributed by atoms with van der Waals surface area (Å²) in [7, 11) is -1.95. The summed E-state index contributed by atoms with van der Waals surface area (Å²) in [6, 6.07) is 5.65. The van der Waals surface area contributed by atoms with E-state index in [1.54, 1.807) is 6.07 Å². The minimum Gasteiger partial charge on any atom is -0.475 e. The molecule has 1 aromatic heterocycles. The molecule has 0 saturated carbocycles. The van der Waals surface area contributed by atoms with Gasteiger partial charge in [0.2, 0.25) is 8.32 Å². The molecule has 0 radical (unpaired) electrons. The number of nitrogens with one attached hydrogen (secondary N) is 1. The molecule has 0 aliphatic rings. The second-order valence-electron chi connectivity index (χ2n) is 7.82. The summed E-state index contributed by atoms with van der Waals surface area (Å²) >= 11 is 0. The zero-order chi connectivity index (χ0) is 19.6. The number of Topliss-reactive ketones (excluding diaryl/α,β-unsaturated/α-hetero) is 1. The highest BCUT2D eigenvalue weighted by Gasteiger charge is 2.44. The average Bonchev–Trinajstić information content (AvgIpc) is 2.96. The van der Waals surface area contributed by atoms with E-state index in [-0.39, 0.29) is 5.56 Å². The summed E-state index contributed by atoms with van der Waals surface area (Å²) in [4.78, 5) is 25.7. The summed E-state index contributed by atoms with van der Waals surface area (Å²) in [6.07, 6.45) is 1.46. The van der Waals surface area contributed by atoms with Crippen molar-refractivity contribution in [3.05, 3.63) is 35.5 Å². The van der Waals surface area contributed by atoms with Crippen LogP contribution in [0.25, 0.3) is 10.9 Å². The molecule has 0 aliphatic heterocycles. The van der Waals surface area contributed by atoms with Crippen LogP contribution in [0.5, 0.6) is 0 Å². The Kier molecular flexibility index (Phi) is 6.08. The number of carboxylic acid groups (broad SMARTS) is 1. The average molecular weight is 376 g/mol. The lowest BCUT2D eigenvalue weighted by molar-refractivity contribution is -0.131. The van der Waals surface area contributed by atoms with Crippen LogP contribution in [0.15, 0.2) is 24.4 Å². The Morgan fingerprint density at radius 1 is 1.08 bits per heavy atom. The Balaban J connectivity index is 2.29. The van der Waals surface area contributed by atoms with Gasteiger partial charge in [-0.1, -0.05) is 53.7 Å². The van der Waals surface area contributed by atoms with E-state index in [0.717, 1.165) is 11.1 Å². The Bertz CT molecular complexity index is 785. The fraction of sp³-hybridized carbons (Fsp3) is 0.500. The van der Waals surface area contributed by atoms with Gasteiger partial charge >= 0.3 is 5.97 Å². The van der Waals surface area contributed by atoms with Crippen molar-refractivity contribution < 1.29 is 19.1 Å². The van der Waals surface area contributed by atoms with Crippen LogP contribution in [-0.4, -0.2) is 30.2 Å². The second kappa shape index (κ2) is 7.76. The number of hydrogen-bond acceptors (Lipinski definition) is 3. The van der Waals surface area contributed by atoms with Gasteiger partial charge in [0.05, 0.1) is 12.2 Å². The predicted octanol–water partition coefficient (Wildman–Crippen LogP) is 5.13. The molecule has 6 heteroatoms. The van der Waals surface area contributed by atoms with Crippen molar-refractivity contribution >= 4 is 31.0 Å². The number of carbonyl (C=O) groups is 2. The van der Waals surface area contributed by atoms with Crippen LogP contribution in [0.1, 0.15) is 57.5 Å². The molecule has 0 unspecified atom stereocenters. The Labute approximate surface area is 155 Å². The third kappa shape index (κ3) is 3.62. The molecular formula is C20H29NO4Si. The molecule has 26 heavy (non-hydrogen) atoms. The summed E-state index contributed by atoms with van der Waals surface area (Å²) in [6.45, 7) is 14.1. The number of aromatic amines is 1. The Morgan fingerprint density at radius 3 is 2.15 bits per heavy atom. The van der Waals surface area contributed by atoms with Crippen LogP contribution in [0.3, 0.4) is 0 Å². The van der Waals surface area contributed by atoms with E-state index in [1.807, 2.05) is 12.1 Å². The van der Waals surface area contributed by atoms with E-state index < -0.39 is 20.1 Å². The molecule has 5 nitrogen and oxygen atoms in total. The molecule has 1 heterocycles. The van der Waals surface area contributed by atoms with Gasteiger partial charge in [-0.15, -0.1) is 0 Å². The Hall–Kier alpha value is -1.92. The molecule has 2 rings (SSSR count). The first-order valence-electron chi connectivity index (χ1n) is 9.12. The van der Waals surface area contributed by atoms with Crippen LogP contribution >= 0.6 is 0 Å². The number of carboxylic acids is 1. The fourth-order valence-electron chi connectivity index (χ4n) is 4.27. The monoisotopic (exact) mass is 375 g/mol. The van der Waals surface area contributed by atoms with Crippen LogP contribution < -0.4 is 0 Å². The van der Waals surface area contributed by atoms with Crippen molar-refractivity contribution in [2.75, 3.05) is 0 Å². The number of ketones is 1. The number of aromatic nitrogens is 1. The molecule has 0 fully saturated rings. The van der Waals surface area contributed by atoms with Crippen molar-refractivity contribution in [1.29, 1.82) is 0 Å². The quantitative estimate of drug-likeness (QED) is 0.381. The third-order valence-electron chi connectivity index (χ3n) is 5.38. The maximum atomic E-state index is 11.7. The third-order valence-corrected chi connectivity index (χ3v) is 11.4. The number of H-pyrrole nitrogens is 1. The minimum absolute atomic E-state index is 0.190. The summed E-state index contributed by atoms with van der Waals surface area (Å²) in [5, 5.41) is 9.54. The summed E-state index contributed by atoms with van der Waals surface area (Å²) in [5.74, 6) is -2.34. The largest absolute Gasteiger partial charge is 0.475 e. The van der Waals surface area contributed by atoms with E-state index in [2.05, 4.69) is 46.5 Å². The van der Waals surface area contributed by atoms with E-state index >= 15 is 0 Å². The van der Waals surface area contributed by atoms with Crippen LogP contribution in [0, 0.1) is 0 Å². The summed E-state index contributed by atoms with van der Waals surface area (Å²) in [5.41, 5.74) is 3.49. The Morgan fingerprint density at radius 2 is 1.65 bits per heavy atom. The van der Waals surface area contributed by atoms with E-state index in [4.69, 9.17) is 9.53 Å². The molecule has 2 aromatic rings. The van der Waals surface area contributed by atoms with E-state index in [0.29, 0.717) is 28.6 Å². The molecule has 0 saturated heterocycles. The van der Waals surface area contributed by atoms with E-state index in [9.17, 15) is 9.59 Å². The molecular weight excluding hydrogens is 346 g/mol. The highest BCUT2D eigenvalue weighted by molar-refractivity contribution is 6.77. The zero-order valence-electron chi connectivity index (χ0n) is 16.4. The van der Waals surface area contributed by atoms with Gasteiger partial charge in [-0.2, -0.15) is 0 Å². The molecule has 0 amide bonds. The summed E-state index contributed by atoms with van der Waals surface area (Å²) < 4.78 is 6.61. The normalized spacial score (nSPS) is 12.5. The van der Waals surface area contributed by atoms with Crippen LogP contribution in [0.2, 0.25) is 16.6 Å². The minimum atomic E-state index is -1.95. The maximum absolute atomic E-state index is 11.7. The number of hydrogen-bond donors (Lipinski definition) is 2. The molecule has 0 atom stereocenters. The van der Waals surface area contributed by atoms with Crippen molar-refractivity contribution in [3.8, 4) is 0 Å². The lowest BCUT2D eigenvalue weighted by Crippen LogP contribution is -2.47. The van der Waals surface area contributed by atoms with Gasteiger partial charge in [-0.05, 0) is 28.3 Å². The number of carbonyl (C=O) groups excluding carboxylic acids is 1. The highest BCUT2D eigenvalue weighted by atomic mass is 28.4. The fourth-order valence-corrected chi connectivity index (χ4v) is 9.69. The van der Waals surface area contributed by atoms with Gasteiger partial charge in [0.25, 0.3) is 5.78 Å². The van der Waals surface area contributed by atoms with Crippen molar-refractivity contribution in [1.82, 2.24) is 4.98 Å². The van der Waals surface area contributed by atoms with Crippen molar-refractivity contribution in [3.63, 3.8) is 0 Å². The van der Waals surface area contributed by atoms with Crippen LogP contribution in [-0.2, 0) is 15.8 Å². The number of fused-ring (bicyclic) bond motifs is 1. The lowest BCUT2D eigenvalue weighted by Gasteiger charge is -2.42. The standard InChI is InChI=1S/C20H29NO4Si/c1-12(2)26(13(3)4,14(5)6)25-11-15-7-8-16-17(19(22)20(23)24)10-21-18(16)9-15/h7-10,12-14,21H,11H2,1-6H3,(H,23,24). The predicted molar refractivity (Wildman–Crippen MR) is 106 cm³/mol. The topological polar surface area (TPSA) is 79.4 Å².